The number of likely N-dealkylation sites (tertiary alicyclic amines) is 1. The van der Waals surface area contributed by atoms with Gasteiger partial charge in [0.05, 0.1) is 12.6 Å². The van der Waals surface area contributed by atoms with E-state index in [4.69, 9.17) is 0 Å². The molecule has 142 valence electrons. The predicted molar refractivity (Wildman–Crippen MR) is 105 cm³/mol. The van der Waals surface area contributed by atoms with E-state index in [1.165, 1.54) is 22.6 Å². The number of rotatable bonds is 4. The minimum atomic E-state index is -1.00. The number of hydrogen-bond donors (Lipinski definition) is 2. The third-order valence-electron chi connectivity index (χ3n) is 6.33. The van der Waals surface area contributed by atoms with Crippen LogP contribution in [-0.4, -0.2) is 36.1 Å². The quantitative estimate of drug-likeness (QED) is 0.817. The van der Waals surface area contributed by atoms with E-state index in [9.17, 15) is 9.59 Å². The maximum Gasteiger partial charge on any atom is 0.329 e. The molecular weight excluding hydrogens is 338 g/mol. The smallest absolute Gasteiger partial charge is 0.319 e. The molecule has 0 radical (unpaired) electrons. The summed E-state index contributed by atoms with van der Waals surface area (Å²) in [6.45, 7) is 5.51. The number of urea groups is 1. The molecule has 0 aromatic heterocycles. The summed E-state index contributed by atoms with van der Waals surface area (Å²) in [6.07, 6.45) is 4.67. The van der Waals surface area contributed by atoms with E-state index in [-0.39, 0.29) is 11.9 Å². The van der Waals surface area contributed by atoms with Crippen molar-refractivity contribution in [3.05, 3.63) is 48.0 Å². The highest BCUT2D eigenvalue weighted by molar-refractivity contribution is 6.07. The molecule has 5 heteroatoms. The number of fused-ring (bicyclic) bond motifs is 1. The summed E-state index contributed by atoms with van der Waals surface area (Å²) in [6, 6.07) is 14.3. The normalized spacial score (nSPS) is 28.6. The molecule has 0 spiro atoms. The molecule has 0 aliphatic carbocycles. The van der Waals surface area contributed by atoms with Gasteiger partial charge in [-0.3, -0.25) is 4.79 Å². The Hall–Kier alpha value is -2.40. The van der Waals surface area contributed by atoms with Gasteiger partial charge in [0.25, 0.3) is 5.91 Å². The first kappa shape index (κ1) is 18.0. The summed E-state index contributed by atoms with van der Waals surface area (Å²) in [5.74, 6) is -0.143. The van der Waals surface area contributed by atoms with Crippen LogP contribution in [0.2, 0.25) is 0 Å². The Labute approximate surface area is 160 Å². The van der Waals surface area contributed by atoms with Crippen LogP contribution in [0.25, 0.3) is 10.8 Å². The molecule has 2 aliphatic rings. The molecule has 0 bridgehead atoms. The van der Waals surface area contributed by atoms with Gasteiger partial charge in [0, 0.05) is 0 Å². The van der Waals surface area contributed by atoms with Crippen LogP contribution in [0.4, 0.5) is 4.79 Å². The highest BCUT2D eigenvalue weighted by atomic mass is 16.2. The summed E-state index contributed by atoms with van der Waals surface area (Å²) in [5, 5.41) is 5.16. The van der Waals surface area contributed by atoms with Crippen molar-refractivity contribution in [1.29, 1.82) is 0 Å². The second kappa shape index (κ2) is 6.97. The van der Waals surface area contributed by atoms with E-state index >= 15 is 0 Å². The van der Waals surface area contributed by atoms with Gasteiger partial charge < -0.3 is 10.2 Å². The van der Waals surface area contributed by atoms with Gasteiger partial charge in [-0.1, -0.05) is 43.3 Å². The van der Waals surface area contributed by atoms with Crippen molar-refractivity contribution in [1.82, 2.24) is 10.2 Å². The summed E-state index contributed by atoms with van der Waals surface area (Å²) >= 11 is 0. The SMILES string of the molecule is CC[C@@H]1CCCC[NH+]1CN1C(=O)N[C@](C)(c2ccc3ccccc3c2)C1=O. The molecule has 0 saturated carbocycles. The number of benzene rings is 2. The highest BCUT2D eigenvalue weighted by Crippen LogP contribution is 2.30. The Bertz CT molecular complexity index is 881. The molecule has 27 heavy (non-hydrogen) atoms. The topological polar surface area (TPSA) is 53.9 Å². The van der Waals surface area contributed by atoms with E-state index in [0.29, 0.717) is 12.7 Å². The maximum atomic E-state index is 13.3. The number of quaternary nitrogens is 1. The van der Waals surface area contributed by atoms with Crippen molar-refractivity contribution < 1.29 is 14.5 Å². The number of imide groups is 1. The van der Waals surface area contributed by atoms with Crippen molar-refractivity contribution in [2.24, 2.45) is 0 Å². The van der Waals surface area contributed by atoms with Crippen LogP contribution in [0.3, 0.4) is 0 Å². The van der Waals surface area contributed by atoms with Crippen LogP contribution in [0.15, 0.2) is 42.5 Å². The van der Waals surface area contributed by atoms with Gasteiger partial charge in [-0.05, 0) is 55.0 Å². The first-order valence-electron chi connectivity index (χ1n) is 10.0. The average molecular weight is 366 g/mol. The lowest BCUT2D eigenvalue weighted by Crippen LogP contribution is -3.18. The zero-order chi connectivity index (χ0) is 19.0. The lowest BCUT2D eigenvalue weighted by molar-refractivity contribution is -0.937. The molecule has 1 unspecified atom stereocenters. The van der Waals surface area contributed by atoms with Crippen molar-refractivity contribution in [2.45, 2.75) is 51.1 Å². The number of piperidine rings is 1. The minimum Gasteiger partial charge on any atom is -0.319 e. The highest BCUT2D eigenvalue weighted by Gasteiger charge is 2.50. The molecular formula is C22H28N3O2+. The van der Waals surface area contributed by atoms with Crippen LogP contribution < -0.4 is 10.2 Å². The molecule has 3 amide bonds. The summed E-state index contributed by atoms with van der Waals surface area (Å²) in [5.41, 5.74) is -0.166. The van der Waals surface area contributed by atoms with Gasteiger partial charge in [0.15, 0.2) is 6.67 Å². The van der Waals surface area contributed by atoms with Crippen molar-refractivity contribution in [3.63, 3.8) is 0 Å². The van der Waals surface area contributed by atoms with Gasteiger partial charge >= 0.3 is 6.03 Å². The molecule has 3 atom stereocenters. The first-order chi connectivity index (χ1) is 13.0. The summed E-state index contributed by atoms with van der Waals surface area (Å²) in [4.78, 5) is 28.7. The Kier molecular flexibility index (Phi) is 4.64. The van der Waals surface area contributed by atoms with Crippen LogP contribution in [0.1, 0.15) is 45.1 Å². The Morgan fingerprint density at radius 2 is 1.93 bits per heavy atom. The zero-order valence-corrected chi connectivity index (χ0v) is 16.1. The van der Waals surface area contributed by atoms with Crippen molar-refractivity contribution in [2.75, 3.05) is 13.2 Å². The molecule has 5 nitrogen and oxygen atoms in total. The Balaban J connectivity index is 1.60. The standard InChI is InChI=1S/C22H27N3O2/c1-3-19-10-6-7-13-24(19)15-25-20(26)22(2,23-21(25)27)18-12-11-16-8-4-5-9-17(16)14-18/h4-5,8-9,11-12,14,19H,3,6-7,10,13,15H2,1-2H3,(H,23,27)/p+1/t19-,22-/m1/s1. The Morgan fingerprint density at radius 3 is 2.70 bits per heavy atom. The van der Waals surface area contributed by atoms with Gasteiger partial charge in [0.1, 0.15) is 5.54 Å². The number of hydrogen-bond acceptors (Lipinski definition) is 2. The number of carbonyl (C=O) groups is 2. The van der Waals surface area contributed by atoms with Crippen LogP contribution in [0, 0.1) is 0 Å². The second-order valence-electron chi connectivity index (χ2n) is 8.02. The van der Waals surface area contributed by atoms with E-state index in [0.717, 1.165) is 35.7 Å². The molecule has 2 saturated heterocycles. The third kappa shape index (κ3) is 3.10. The first-order valence-corrected chi connectivity index (χ1v) is 10.0. The van der Waals surface area contributed by atoms with Crippen LogP contribution >= 0.6 is 0 Å². The minimum absolute atomic E-state index is 0.143. The fourth-order valence-corrected chi connectivity index (χ4v) is 4.59. The zero-order valence-electron chi connectivity index (χ0n) is 16.1. The number of nitrogens with one attached hydrogen (secondary N) is 2. The molecule has 2 N–H and O–H groups in total. The van der Waals surface area contributed by atoms with Gasteiger partial charge in [0.2, 0.25) is 0 Å². The van der Waals surface area contributed by atoms with Crippen LogP contribution in [-0.2, 0) is 10.3 Å². The van der Waals surface area contributed by atoms with Gasteiger partial charge in [-0.2, -0.15) is 0 Å². The van der Waals surface area contributed by atoms with Crippen molar-refractivity contribution >= 4 is 22.7 Å². The van der Waals surface area contributed by atoms with E-state index in [1.54, 1.807) is 0 Å². The van der Waals surface area contributed by atoms with E-state index in [1.807, 2.05) is 49.4 Å². The number of carbonyl (C=O) groups excluding carboxylic acids is 2. The van der Waals surface area contributed by atoms with Gasteiger partial charge in [-0.25, -0.2) is 9.69 Å². The third-order valence-corrected chi connectivity index (χ3v) is 6.33. The molecule has 2 aliphatic heterocycles. The van der Waals surface area contributed by atoms with Crippen molar-refractivity contribution in [3.8, 4) is 0 Å². The predicted octanol–water partition coefficient (Wildman–Crippen LogP) is 2.41. The lowest BCUT2D eigenvalue weighted by Gasteiger charge is -2.34. The average Bonchev–Trinajstić information content (AvgIpc) is 2.92. The fourth-order valence-electron chi connectivity index (χ4n) is 4.59. The molecule has 2 aromatic rings. The van der Waals surface area contributed by atoms with Crippen LogP contribution in [0.5, 0.6) is 0 Å². The summed E-state index contributed by atoms with van der Waals surface area (Å²) < 4.78 is 0. The number of amides is 3. The maximum absolute atomic E-state index is 13.3. The molecule has 2 fully saturated rings. The fraction of sp³-hybridized carbons (Fsp3) is 0.455. The second-order valence-corrected chi connectivity index (χ2v) is 8.02. The lowest BCUT2D eigenvalue weighted by atomic mass is 9.90. The molecule has 4 rings (SSSR count). The summed E-state index contributed by atoms with van der Waals surface area (Å²) in [7, 11) is 0. The monoisotopic (exact) mass is 366 g/mol. The molecule has 2 heterocycles. The largest absolute Gasteiger partial charge is 0.329 e. The van der Waals surface area contributed by atoms with Gasteiger partial charge in [-0.15, -0.1) is 0 Å². The van der Waals surface area contributed by atoms with E-state index < -0.39 is 5.54 Å². The molecule has 2 aromatic carbocycles. The van der Waals surface area contributed by atoms with E-state index in [2.05, 4.69) is 12.2 Å². The Morgan fingerprint density at radius 1 is 1.15 bits per heavy atom. The number of nitrogens with zero attached hydrogens (tertiary/aromatic N) is 1.